The van der Waals surface area contributed by atoms with Crippen LogP contribution in [0.25, 0.3) is 22.3 Å². The number of fused-ring (bicyclic) bond motifs is 1. The Morgan fingerprint density at radius 3 is 2.23 bits per heavy atom. The number of imide groups is 2. The van der Waals surface area contributed by atoms with Crippen LogP contribution in [0.1, 0.15) is 89.8 Å². The standard InChI is InChI=1S/C51H52ClF4N11O6/c1-50(2,51(54,55)56)49-59-42(61-62-49)24-57-45(70)35-20-34(35)30-5-3-29(4-6-30)33-8-7-31(19-38(33)52)32-23-58-66(26-32)27-44(69)65-13-11-28(12-14-65)25-63-15-17-64(18-16-63)41-22-37-36(21-39(41)53)47(72)67(48(37)73)40-9-10-43(68)60-46(40)71/h3-8,19,21-23,26,28,34-35,40H,9-18,20,24-25,27H2,1-2H3,(H,57,70)(H,59,61,62)(H,60,68,71)/t34-,35+,40?/m1/s1. The molecule has 3 aromatic carbocycles. The summed E-state index contributed by atoms with van der Waals surface area (Å²) in [4.78, 5) is 87.8. The number of anilines is 1. The van der Waals surface area contributed by atoms with Crippen molar-refractivity contribution in [1.82, 2.24) is 50.3 Å². The molecule has 3 saturated heterocycles. The molecule has 17 nitrogen and oxygen atoms in total. The van der Waals surface area contributed by atoms with Crippen LogP contribution >= 0.6 is 11.6 Å². The summed E-state index contributed by atoms with van der Waals surface area (Å²) in [6, 6.07) is 14.9. The van der Waals surface area contributed by atoms with Crippen LogP contribution in [0.3, 0.4) is 0 Å². The highest BCUT2D eigenvalue weighted by Crippen LogP contribution is 2.48. The lowest BCUT2D eigenvalue weighted by Crippen LogP contribution is -2.54. The molecule has 6 heterocycles. The molecule has 6 amide bonds. The molecule has 3 N–H and O–H groups in total. The Labute approximate surface area is 421 Å². The first kappa shape index (κ1) is 49.6. The second kappa shape index (κ2) is 19.4. The fourth-order valence-electron chi connectivity index (χ4n) is 10.2. The number of halogens is 5. The van der Waals surface area contributed by atoms with Gasteiger partial charge in [-0.05, 0) is 86.3 Å². The smallest absolute Gasteiger partial charge is 0.367 e. The number of hydrogen-bond acceptors (Lipinski definition) is 11. The summed E-state index contributed by atoms with van der Waals surface area (Å²) >= 11 is 6.82. The maximum absolute atomic E-state index is 15.5. The number of aromatic amines is 1. The zero-order valence-corrected chi connectivity index (χ0v) is 40.7. The molecule has 0 radical (unpaired) electrons. The fourth-order valence-corrected chi connectivity index (χ4v) is 10.5. The van der Waals surface area contributed by atoms with E-state index in [-0.39, 0.29) is 78.0 Å². The first-order valence-electron chi connectivity index (χ1n) is 24.3. The van der Waals surface area contributed by atoms with E-state index in [2.05, 4.69) is 35.8 Å². The van der Waals surface area contributed by atoms with E-state index in [1.54, 1.807) is 10.9 Å². The van der Waals surface area contributed by atoms with Gasteiger partial charge in [-0.2, -0.15) is 23.4 Å². The third kappa shape index (κ3) is 9.95. The van der Waals surface area contributed by atoms with E-state index in [0.717, 1.165) is 72.0 Å². The van der Waals surface area contributed by atoms with E-state index in [1.807, 2.05) is 58.5 Å². The predicted molar refractivity (Wildman–Crippen MR) is 257 cm³/mol. The molecule has 5 aromatic rings. The van der Waals surface area contributed by atoms with Crippen LogP contribution in [-0.4, -0.2) is 133 Å². The number of nitrogens with one attached hydrogen (secondary N) is 3. The number of aromatic nitrogens is 5. The van der Waals surface area contributed by atoms with Gasteiger partial charge in [0.15, 0.2) is 5.82 Å². The Hall–Kier alpha value is -7.00. The summed E-state index contributed by atoms with van der Waals surface area (Å²) in [5, 5.41) is 16.1. The maximum Gasteiger partial charge on any atom is 0.401 e. The number of piperazine rings is 1. The highest BCUT2D eigenvalue weighted by molar-refractivity contribution is 6.33. The van der Waals surface area contributed by atoms with Gasteiger partial charge in [-0.3, -0.25) is 53.7 Å². The zero-order valence-electron chi connectivity index (χ0n) is 40.0. The molecular weight excluding hydrogens is 974 g/mol. The van der Waals surface area contributed by atoms with Gasteiger partial charge in [0.05, 0.1) is 29.6 Å². The average molecular weight is 1030 g/mol. The number of piperidine rings is 2. The van der Waals surface area contributed by atoms with Crippen LogP contribution in [0.5, 0.6) is 0 Å². The third-order valence-electron chi connectivity index (χ3n) is 14.9. The number of H-pyrrole nitrogens is 1. The Morgan fingerprint density at radius 1 is 0.849 bits per heavy atom. The lowest BCUT2D eigenvalue weighted by atomic mass is 9.92. The van der Waals surface area contributed by atoms with Gasteiger partial charge >= 0.3 is 6.18 Å². The number of rotatable bonds is 13. The Kier molecular flexibility index (Phi) is 13.2. The number of amides is 6. The molecule has 10 rings (SSSR count). The van der Waals surface area contributed by atoms with Gasteiger partial charge in [0.1, 0.15) is 29.6 Å². The Bertz CT molecular complexity index is 3020. The molecule has 1 aliphatic carbocycles. The number of likely N-dealkylation sites (tertiary alicyclic amines) is 1. The van der Waals surface area contributed by atoms with Gasteiger partial charge in [0, 0.05) is 80.5 Å². The average Bonchev–Trinajstić information content (AvgIpc) is 3.64. The minimum Gasteiger partial charge on any atom is -0.367 e. The fraction of sp³-hybridized carbons (Fsp3) is 0.431. The van der Waals surface area contributed by atoms with E-state index in [0.29, 0.717) is 56.6 Å². The third-order valence-corrected chi connectivity index (χ3v) is 15.3. The molecule has 1 unspecified atom stereocenters. The summed E-state index contributed by atoms with van der Waals surface area (Å²) in [6.45, 7) is 6.46. The monoisotopic (exact) mass is 1030 g/mol. The number of alkyl halides is 3. The number of nitrogens with zero attached hydrogens (tertiary/aromatic N) is 8. The maximum atomic E-state index is 15.5. The molecule has 0 spiro atoms. The van der Waals surface area contributed by atoms with Gasteiger partial charge in [-0.1, -0.05) is 48.0 Å². The van der Waals surface area contributed by atoms with Gasteiger partial charge in [0.2, 0.25) is 23.6 Å². The van der Waals surface area contributed by atoms with Crippen molar-refractivity contribution >= 4 is 52.7 Å². The Balaban J connectivity index is 0.658. The van der Waals surface area contributed by atoms with Crippen molar-refractivity contribution in [3.05, 3.63) is 106 Å². The molecule has 5 aliphatic rings. The van der Waals surface area contributed by atoms with Gasteiger partial charge in [-0.15, -0.1) is 0 Å². The molecule has 73 heavy (non-hydrogen) atoms. The quantitative estimate of drug-likeness (QED) is 0.0945. The van der Waals surface area contributed by atoms with Crippen LogP contribution in [0.15, 0.2) is 67.0 Å². The minimum absolute atomic E-state index is 0.00504. The minimum atomic E-state index is -4.53. The highest BCUT2D eigenvalue weighted by Gasteiger charge is 2.52. The van der Waals surface area contributed by atoms with Crippen LogP contribution in [0.4, 0.5) is 23.2 Å². The lowest BCUT2D eigenvalue weighted by Gasteiger charge is -2.39. The summed E-state index contributed by atoms with van der Waals surface area (Å²) in [5.74, 6) is -3.59. The molecule has 4 fully saturated rings. The number of carbonyl (C=O) groups is 6. The van der Waals surface area contributed by atoms with Crippen LogP contribution < -0.4 is 15.5 Å². The van der Waals surface area contributed by atoms with E-state index in [4.69, 9.17) is 11.6 Å². The normalized spacial score (nSPS) is 20.9. The molecule has 22 heteroatoms. The number of hydrogen-bond donors (Lipinski definition) is 3. The van der Waals surface area contributed by atoms with Crippen molar-refractivity contribution in [2.24, 2.45) is 11.8 Å². The van der Waals surface area contributed by atoms with Crippen LogP contribution in [0, 0.1) is 17.7 Å². The summed E-state index contributed by atoms with van der Waals surface area (Å²) in [6.07, 6.45) is 1.34. The molecule has 0 bridgehead atoms. The van der Waals surface area contributed by atoms with Gasteiger partial charge in [-0.25, -0.2) is 9.37 Å². The van der Waals surface area contributed by atoms with E-state index >= 15 is 4.39 Å². The number of carbonyl (C=O) groups excluding carboxylic acids is 6. The lowest BCUT2D eigenvalue weighted by molar-refractivity contribution is -0.182. The largest absolute Gasteiger partial charge is 0.401 e. The van der Waals surface area contributed by atoms with E-state index in [9.17, 15) is 41.9 Å². The predicted octanol–water partition coefficient (Wildman–Crippen LogP) is 5.85. The second-order valence-corrected chi connectivity index (χ2v) is 20.5. The second-order valence-electron chi connectivity index (χ2n) is 20.0. The van der Waals surface area contributed by atoms with Crippen molar-refractivity contribution in [1.29, 1.82) is 0 Å². The first-order valence-corrected chi connectivity index (χ1v) is 24.7. The van der Waals surface area contributed by atoms with Gasteiger partial charge in [0.25, 0.3) is 11.8 Å². The van der Waals surface area contributed by atoms with E-state index < -0.39 is 47.1 Å². The van der Waals surface area contributed by atoms with Crippen molar-refractivity contribution in [3.63, 3.8) is 0 Å². The molecule has 4 aliphatic heterocycles. The summed E-state index contributed by atoms with van der Waals surface area (Å²) < 4.78 is 57.3. The molecule has 3 atom stereocenters. The first-order chi connectivity index (χ1) is 34.8. The summed E-state index contributed by atoms with van der Waals surface area (Å²) in [7, 11) is 0. The van der Waals surface area contributed by atoms with Crippen LogP contribution in [0.2, 0.25) is 5.02 Å². The zero-order chi connectivity index (χ0) is 51.5. The number of benzene rings is 3. The molecule has 2 aromatic heterocycles. The molecule has 1 saturated carbocycles. The molecular formula is C51H52ClF4N11O6. The summed E-state index contributed by atoms with van der Waals surface area (Å²) in [5.41, 5.74) is 2.29. The van der Waals surface area contributed by atoms with Crippen molar-refractivity contribution in [3.8, 4) is 22.3 Å². The van der Waals surface area contributed by atoms with Crippen molar-refractivity contribution in [2.75, 3.05) is 50.7 Å². The SMILES string of the molecule is CC(C)(c1n[nH]c(CNC(=O)[C@H]2C[C@@H]2c2ccc(-c3ccc(-c4cnn(CC(=O)N5CCC(CN6CCN(c7cc8c(cc7F)C(=O)N(C7CCC(=O)NC7=O)C8=O)CC6)CC5)c4)cc3Cl)cc2)n1)C(F)(F)F. The topological polar surface area (TPSA) is 199 Å². The van der Waals surface area contributed by atoms with Gasteiger partial charge < -0.3 is 15.1 Å². The van der Waals surface area contributed by atoms with E-state index in [1.165, 1.54) is 6.07 Å². The Morgan fingerprint density at radius 2 is 1.55 bits per heavy atom. The van der Waals surface area contributed by atoms with Crippen LogP contribution in [-0.2, 0) is 37.7 Å². The van der Waals surface area contributed by atoms with Crippen molar-refractivity contribution < 1.29 is 46.3 Å². The van der Waals surface area contributed by atoms with Crippen molar-refractivity contribution in [2.45, 2.75) is 82.6 Å². The highest BCUT2D eigenvalue weighted by atomic mass is 35.5. The molecule has 382 valence electrons.